The monoisotopic (exact) mass is 276 g/mol. The smallest absolute Gasteiger partial charge is 0.211 e. The summed E-state index contributed by atoms with van der Waals surface area (Å²) in [5.41, 5.74) is 1.21. The van der Waals surface area contributed by atoms with Crippen molar-refractivity contribution in [2.75, 3.05) is 12.9 Å². The fourth-order valence-electron chi connectivity index (χ4n) is 1.47. The molecule has 1 unspecified atom stereocenters. The minimum absolute atomic E-state index is 0.153. The van der Waals surface area contributed by atoms with Crippen molar-refractivity contribution in [3.8, 4) is 11.8 Å². The zero-order valence-electron chi connectivity index (χ0n) is 11.2. The second-order valence-electron chi connectivity index (χ2n) is 3.77. The van der Waals surface area contributed by atoms with Gasteiger partial charge in [0.2, 0.25) is 5.12 Å². The number of hydrogen-bond acceptors (Lipinski definition) is 5. The van der Waals surface area contributed by atoms with E-state index in [4.69, 9.17) is 10.00 Å². The minimum atomic E-state index is -0.785. The molecule has 0 aliphatic rings. The van der Waals surface area contributed by atoms with E-state index in [0.29, 0.717) is 17.2 Å². The Morgan fingerprint density at radius 3 is 2.58 bits per heavy atom. The second kappa shape index (κ2) is 7.59. The van der Waals surface area contributed by atoms with Gasteiger partial charge in [0.1, 0.15) is 5.75 Å². The van der Waals surface area contributed by atoms with Crippen molar-refractivity contribution in [3.05, 3.63) is 24.3 Å². The van der Waals surface area contributed by atoms with Gasteiger partial charge in [-0.25, -0.2) is 0 Å². The number of hydrogen-bond donors (Lipinski definition) is 0. The SMILES string of the molecule is CCSC(=O)C(C#N)C(C)=Nc1ccc(OC)cc1. The highest BCUT2D eigenvalue weighted by molar-refractivity contribution is 8.13. The lowest BCUT2D eigenvalue weighted by Crippen LogP contribution is -2.17. The summed E-state index contributed by atoms with van der Waals surface area (Å²) in [6.07, 6.45) is 0. The Labute approximate surface area is 117 Å². The molecule has 0 N–H and O–H groups in total. The first-order valence-electron chi connectivity index (χ1n) is 5.87. The average Bonchev–Trinajstić information content (AvgIpc) is 2.40. The third-order valence-electron chi connectivity index (χ3n) is 2.45. The molecule has 19 heavy (non-hydrogen) atoms. The minimum Gasteiger partial charge on any atom is -0.497 e. The van der Waals surface area contributed by atoms with E-state index in [9.17, 15) is 4.79 Å². The van der Waals surface area contributed by atoms with Crippen LogP contribution in [0.15, 0.2) is 29.3 Å². The van der Waals surface area contributed by atoms with Gasteiger partial charge in [-0.3, -0.25) is 9.79 Å². The van der Waals surface area contributed by atoms with Crippen molar-refractivity contribution in [1.82, 2.24) is 0 Å². The number of rotatable bonds is 5. The summed E-state index contributed by atoms with van der Waals surface area (Å²) < 4.78 is 5.05. The van der Waals surface area contributed by atoms with Gasteiger partial charge in [0.15, 0.2) is 5.92 Å². The van der Waals surface area contributed by atoms with Gasteiger partial charge in [-0.2, -0.15) is 5.26 Å². The Bertz CT molecular complexity index is 503. The van der Waals surface area contributed by atoms with Crippen LogP contribution in [0.1, 0.15) is 13.8 Å². The lowest BCUT2D eigenvalue weighted by molar-refractivity contribution is -0.111. The number of nitrogens with zero attached hydrogens (tertiary/aromatic N) is 2. The number of carbonyl (C=O) groups excluding carboxylic acids is 1. The summed E-state index contributed by atoms with van der Waals surface area (Å²) in [5, 5.41) is 8.92. The molecule has 0 aliphatic carbocycles. The van der Waals surface area contributed by atoms with Crippen molar-refractivity contribution >= 4 is 28.3 Å². The largest absolute Gasteiger partial charge is 0.497 e. The molecule has 1 aromatic rings. The zero-order chi connectivity index (χ0) is 14.3. The highest BCUT2D eigenvalue weighted by Crippen LogP contribution is 2.20. The van der Waals surface area contributed by atoms with E-state index in [0.717, 1.165) is 17.5 Å². The van der Waals surface area contributed by atoms with E-state index in [-0.39, 0.29) is 5.12 Å². The Morgan fingerprint density at radius 2 is 2.11 bits per heavy atom. The Morgan fingerprint density at radius 1 is 1.47 bits per heavy atom. The molecule has 1 atom stereocenters. The van der Waals surface area contributed by atoms with E-state index in [1.807, 2.05) is 13.0 Å². The molecular weight excluding hydrogens is 260 g/mol. The molecule has 0 bridgehead atoms. The van der Waals surface area contributed by atoms with Gasteiger partial charge >= 0.3 is 0 Å². The molecule has 0 aliphatic heterocycles. The Kier molecular flexibility index (Phi) is 6.10. The summed E-state index contributed by atoms with van der Waals surface area (Å²) in [6.45, 7) is 3.58. The van der Waals surface area contributed by atoms with Crippen LogP contribution in [0.2, 0.25) is 0 Å². The highest BCUT2D eigenvalue weighted by atomic mass is 32.2. The maximum atomic E-state index is 11.7. The number of benzene rings is 1. The molecule has 0 saturated carbocycles. The van der Waals surface area contributed by atoms with Crippen LogP contribution in [0.25, 0.3) is 0 Å². The van der Waals surface area contributed by atoms with Crippen LogP contribution in [0, 0.1) is 17.2 Å². The third kappa shape index (κ3) is 4.42. The summed E-state index contributed by atoms with van der Waals surface area (Å²) in [4.78, 5) is 16.1. The first kappa shape index (κ1) is 15.3. The normalized spacial score (nSPS) is 12.6. The van der Waals surface area contributed by atoms with Gasteiger partial charge in [-0.05, 0) is 36.9 Å². The highest BCUT2D eigenvalue weighted by Gasteiger charge is 2.20. The number of ether oxygens (including phenoxy) is 1. The zero-order valence-corrected chi connectivity index (χ0v) is 12.0. The number of nitriles is 1. The van der Waals surface area contributed by atoms with Crippen molar-refractivity contribution in [2.45, 2.75) is 13.8 Å². The quantitative estimate of drug-likeness (QED) is 0.775. The topological polar surface area (TPSA) is 62.5 Å². The van der Waals surface area contributed by atoms with E-state index in [1.165, 1.54) is 0 Å². The molecule has 0 fully saturated rings. The maximum absolute atomic E-state index is 11.7. The van der Waals surface area contributed by atoms with Gasteiger partial charge in [0.05, 0.1) is 18.9 Å². The molecule has 0 aromatic heterocycles. The summed E-state index contributed by atoms with van der Waals surface area (Å²) in [6, 6.07) is 9.15. The average molecular weight is 276 g/mol. The molecule has 0 saturated heterocycles. The Balaban J connectivity index is 2.89. The van der Waals surface area contributed by atoms with Crippen molar-refractivity contribution in [3.63, 3.8) is 0 Å². The van der Waals surface area contributed by atoms with Gasteiger partial charge in [-0.15, -0.1) is 0 Å². The van der Waals surface area contributed by atoms with Crippen LogP contribution in [0.5, 0.6) is 5.75 Å². The molecule has 1 rings (SSSR count). The number of aliphatic imine (C=N–C) groups is 1. The summed E-state index contributed by atoms with van der Waals surface area (Å²) >= 11 is 1.15. The fraction of sp³-hybridized carbons (Fsp3) is 0.357. The first-order valence-corrected chi connectivity index (χ1v) is 6.86. The van der Waals surface area contributed by atoms with Gasteiger partial charge in [0.25, 0.3) is 0 Å². The molecule has 0 amide bonds. The summed E-state index contributed by atoms with van der Waals surface area (Å²) in [7, 11) is 1.59. The molecule has 0 spiro atoms. The molecule has 5 heteroatoms. The van der Waals surface area contributed by atoms with Gasteiger partial charge < -0.3 is 4.74 Å². The maximum Gasteiger partial charge on any atom is 0.211 e. The van der Waals surface area contributed by atoms with E-state index < -0.39 is 5.92 Å². The van der Waals surface area contributed by atoms with Crippen LogP contribution in [0.3, 0.4) is 0 Å². The summed E-state index contributed by atoms with van der Waals surface area (Å²) in [5.74, 6) is 0.616. The lowest BCUT2D eigenvalue weighted by atomic mass is 10.1. The second-order valence-corrected chi connectivity index (χ2v) is 5.03. The first-order chi connectivity index (χ1) is 9.12. The standard InChI is InChI=1S/C14H16N2O2S/c1-4-19-14(17)13(9-15)10(2)16-11-5-7-12(18-3)8-6-11/h5-8,13H,4H2,1-3H3. The van der Waals surface area contributed by atoms with Crippen LogP contribution >= 0.6 is 11.8 Å². The van der Waals surface area contributed by atoms with Crippen LogP contribution in [0.4, 0.5) is 5.69 Å². The molecule has 0 radical (unpaired) electrons. The fourth-order valence-corrected chi connectivity index (χ4v) is 2.14. The molecular formula is C14H16N2O2S. The van der Waals surface area contributed by atoms with Crippen molar-refractivity contribution < 1.29 is 9.53 Å². The van der Waals surface area contributed by atoms with Crippen molar-refractivity contribution in [1.29, 1.82) is 5.26 Å². The van der Waals surface area contributed by atoms with Gasteiger partial charge in [-0.1, -0.05) is 18.7 Å². The van der Waals surface area contributed by atoms with Crippen LogP contribution < -0.4 is 4.74 Å². The molecule has 1 aromatic carbocycles. The van der Waals surface area contributed by atoms with E-state index in [2.05, 4.69) is 4.99 Å². The third-order valence-corrected chi connectivity index (χ3v) is 3.26. The van der Waals surface area contributed by atoms with Gasteiger partial charge in [0, 0.05) is 5.71 Å². The van der Waals surface area contributed by atoms with Crippen LogP contribution in [-0.2, 0) is 4.79 Å². The Hall–Kier alpha value is -1.80. The predicted octanol–water partition coefficient (Wildman–Crippen LogP) is 3.21. The molecule has 0 heterocycles. The number of thioether (sulfide) groups is 1. The number of carbonyl (C=O) groups is 1. The predicted molar refractivity (Wildman–Crippen MR) is 78.0 cm³/mol. The van der Waals surface area contributed by atoms with Crippen molar-refractivity contribution in [2.24, 2.45) is 10.9 Å². The lowest BCUT2D eigenvalue weighted by Gasteiger charge is -2.07. The van der Waals surface area contributed by atoms with E-state index in [1.54, 1.807) is 38.3 Å². The van der Waals surface area contributed by atoms with Crippen LogP contribution in [-0.4, -0.2) is 23.7 Å². The molecule has 4 nitrogen and oxygen atoms in total. The van der Waals surface area contributed by atoms with E-state index >= 15 is 0 Å². The number of methoxy groups -OCH3 is 1. The molecule has 100 valence electrons.